The van der Waals surface area contributed by atoms with Gasteiger partial charge in [-0.1, -0.05) is 18.2 Å². The monoisotopic (exact) mass is 455 g/mol. The lowest BCUT2D eigenvalue weighted by Gasteiger charge is -2.34. The lowest BCUT2D eigenvalue weighted by molar-refractivity contribution is 0.0600. The van der Waals surface area contributed by atoms with Crippen LogP contribution in [0.5, 0.6) is 0 Å². The largest absolute Gasteiger partial charge is 0.354 e. The molecule has 34 heavy (non-hydrogen) atoms. The highest BCUT2D eigenvalue weighted by atomic mass is 16.2. The van der Waals surface area contributed by atoms with Gasteiger partial charge < -0.3 is 14.8 Å². The third kappa shape index (κ3) is 3.54. The molecule has 4 aromatic rings. The molecule has 1 N–H and O–H groups in total. The van der Waals surface area contributed by atoms with Gasteiger partial charge in [-0.05, 0) is 51.5 Å². The van der Waals surface area contributed by atoms with E-state index < -0.39 is 0 Å². The molecule has 2 aliphatic rings. The molecule has 6 rings (SSSR count). The Labute approximate surface area is 198 Å². The minimum Gasteiger partial charge on any atom is -0.354 e. The highest BCUT2D eigenvalue weighted by molar-refractivity contribution is 5.98. The Morgan fingerprint density at radius 3 is 2.88 bits per heavy atom. The average molecular weight is 456 g/mol. The summed E-state index contributed by atoms with van der Waals surface area (Å²) in [5.74, 6) is 1.02. The summed E-state index contributed by atoms with van der Waals surface area (Å²) in [7, 11) is 0. The first-order valence-electron chi connectivity index (χ1n) is 12.1. The summed E-state index contributed by atoms with van der Waals surface area (Å²) in [5, 5.41) is 5.92. The molecule has 0 unspecified atom stereocenters. The lowest BCUT2D eigenvalue weighted by atomic mass is 9.99. The first-order chi connectivity index (χ1) is 16.6. The number of likely N-dealkylation sites (tertiary alicyclic amines) is 1. The van der Waals surface area contributed by atoms with Crippen molar-refractivity contribution < 1.29 is 4.79 Å². The highest BCUT2D eigenvalue weighted by Gasteiger charge is 2.32. The molecular weight excluding hydrogens is 426 g/mol. The van der Waals surface area contributed by atoms with Crippen LogP contribution in [-0.4, -0.2) is 62.8 Å². The minimum absolute atomic E-state index is 0.0304. The zero-order valence-electron chi connectivity index (χ0n) is 19.4. The number of carbonyl (C=O) groups is 1. The highest BCUT2D eigenvalue weighted by Crippen LogP contribution is 2.33. The number of aromatic nitrogens is 4. The predicted octanol–water partition coefficient (Wildman–Crippen LogP) is 4.17. The van der Waals surface area contributed by atoms with Gasteiger partial charge in [0.2, 0.25) is 0 Å². The first kappa shape index (κ1) is 20.9. The second-order valence-corrected chi connectivity index (χ2v) is 9.47. The number of para-hydroxylation sites is 1. The second kappa shape index (κ2) is 8.27. The maximum atomic E-state index is 13.5. The number of aromatic amines is 1. The number of rotatable bonds is 4. The number of piperidine rings is 1. The van der Waals surface area contributed by atoms with E-state index in [1.807, 2.05) is 52.0 Å². The number of amides is 1. The fourth-order valence-corrected chi connectivity index (χ4v) is 5.41. The molecule has 2 aliphatic heterocycles. The molecule has 0 radical (unpaired) electrons. The third-order valence-electron chi connectivity index (χ3n) is 7.21. The van der Waals surface area contributed by atoms with Gasteiger partial charge in [-0.25, -0.2) is 9.50 Å². The van der Waals surface area contributed by atoms with Gasteiger partial charge in [-0.15, -0.1) is 0 Å². The van der Waals surface area contributed by atoms with Gasteiger partial charge in [0.25, 0.3) is 5.91 Å². The van der Waals surface area contributed by atoms with E-state index in [9.17, 15) is 4.79 Å². The van der Waals surface area contributed by atoms with Crippen LogP contribution in [0.2, 0.25) is 0 Å². The van der Waals surface area contributed by atoms with E-state index in [-0.39, 0.29) is 18.0 Å². The van der Waals surface area contributed by atoms with Gasteiger partial charge in [-0.2, -0.15) is 5.10 Å². The number of fused-ring (bicyclic) bond motifs is 2. The molecule has 1 aromatic carbocycles. The fraction of sp³-hybridized carbons (Fsp3) is 0.385. The van der Waals surface area contributed by atoms with E-state index in [2.05, 4.69) is 28.5 Å². The van der Waals surface area contributed by atoms with Gasteiger partial charge in [0.05, 0.1) is 17.8 Å². The molecule has 2 fully saturated rings. The lowest BCUT2D eigenvalue weighted by Crippen LogP contribution is -2.38. The summed E-state index contributed by atoms with van der Waals surface area (Å²) in [6.45, 7) is 8.30. The summed E-state index contributed by atoms with van der Waals surface area (Å²) in [6.07, 6.45) is 6.04. The number of nitrogens with one attached hydrogen (secondary N) is 1. The van der Waals surface area contributed by atoms with E-state index >= 15 is 0 Å². The van der Waals surface area contributed by atoms with Crippen molar-refractivity contribution in [3.05, 3.63) is 59.5 Å². The maximum Gasteiger partial charge on any atom is 0.270 e. The Balaban J connectivity index is 1.32. The molecule has 0 bridgehead atoms. The zero-order valence-corrected chi connectivity index (χ0v) is 19.4. The molecule has 8 nitrogen and oxygen atoms in total. The summed E-state index contributed by atoms with van der Waals surface area (Å²) >= 11 is 0. The number of carbonyl (C=O) groups excluding carboxylic acids is 1. The van der Waals surface area contributed by atoms with Gasteiger partial charge in [-0.3, -0.25) is 9.79 Å². The molecule has 1 amide bonds. The quantitative estimate of drug-likeness (QED) is 0.469. The van der Waals surface area contributed by atoms with Crippen molar-refractivity contribution in [3.63, 3.8) is 0 Å². The molecule has 5 heterocycles. The van der Waals surface area contributed by atoms with Crippen molar-refractivity contribution in [1.82, 2.24) is 24.5 Å². The van der Waals surface area contributed by atoms with Crippen LogP contribution in [0.4, 0.5) is 5.82 Å². The molecular formula is C26H29N7O. The van der Waals surface area contributed by atoms with Gasteiger partial charge in [0.15, 0.2) is 5.65 Å². The topological polar surface area (TPSA) is 81.9 Å². The Kier molecular flexibility index (Phi) is 5.08. The van der Waals surface area contributed by atoms with Crippen LogP contribution in [-0.2, 0) is 0 Å². The maximum absolute atomic E-state index is 13.5. The van der Waals surface area contributed by atoms with Crippen molar-refractivity contribution in [2.24, 2.45) is 4.99 Å². The van der Waals surface area contributed by atoms with Crippen LogP contribution in [0.25, 0.3) is 16.6 Å². The number of anilines is 1. The van der Waals surface area contributed by atoms with Gasteiger partial charge in [0.1, 0.15) is 11.5 Å². The van der Waals surface area contributed by atoms with Crippen molar-refractivity contribution in [2.45, 2.75) is 44.7 Å². The van der Waals surface area contributed by atoms with Crippen LogP contribution in [0, 0.1) is 6.92 Å². The van der Waals surface area contributed by atoms with E-state index in [1.165, 1.54) is 0 Å². The number of hydrogen-bond acceptors (Lipinski definition) is 5. The van der Waals surface area contributed by atoms with Crippen LogP contribution in [0.15, 0.2) is 47.6 Å². The summed E-state index contributed by atoms with van der Waals surface area (Å²) in [5.41, 5.74) is 4.42. The second-order valence-electron chi connectivity index (χ2n) is 9.47. The number of hydrogen-bond donors (Lipinski definition) is 1. The average Bonchev–Trinajstić information content (AvgIpc) is 3.60. The molecule has 0 saturated carbocycles. The molecule has 0 spiro atoms. The van der Waals surface area contributed by atoms with Crippen molar-refractivity contribution in [3.8, 4) is 0 Å². The Bertz CT molecular complexity index is 1350. The molecule has 2 atom stereocenters. The van der Waals surface area contributed by atoms with Crippen LogP contribution >= 0.6 is 0 Å². The van der Waals surface area contributed by atoms with Crippen molar-refractivity contribution >= 4 is 35.0 Å². The third-order valence-corrected chi connectivity index (χ3v) is 7.21. The standard InChI is InChI=1S/C26H29N7O/c1-17-15-33-24(29-25(17)31-12-10-19(16-31)27-2)14-21(30-33)23-9-5-6-11-32(23)26(34)22-13-18-7-3-4-8-20(18)28-22/h3-4,7-8,13-15,19,23,28H,2,5-6,9-12,16H2,1H3/t19-,23-/m0/s1. The van der Waals surface area contributed by atoms with E-state index in [1.54, 1.807) is 0 Å². The van der Waals surface area contributed by atoms with Gasteiger partial charge in [0, 0.05) is 48.4 Å². The normalized spacial score (nSPS) is 21.0. The molecule has 8 heteroatoms. The Morgan fingerprint density at radius 1 is 1.18 bits per heavy atom. The van der Waals surface area contributed by atoms with Crippen molar-refractivity contribution in [2.75, 3.05) is 24.5 Å². The Hall–Kier alpha value is -3.68. The number of nitrogens with zero attached hydrogens (tertiary/aromatic N) is 6. The van der Waals surface area contributed by atoms with Gasteiger partial charge >= 0.3 is 0 Å². The summed E-state index contributed by atoms with van der Waals surface area (Å²) < 4.78 is 1.85. The summed E-state index contributed by atoms with van der Waals surface area (Å²) in [6, 6.07) is 12.2. The summed E-state index contributed by atoms with van der Waals surface area (Å²) in [4.78, 5) is 30.3. The van der Waals surface area contributed by atoms with Crippen molar-refractivity contribution in [1.29, 1.82) is 0 Å². The van der Waals surface area contributed by atoms with E-state index in [0.717, 1.165) is 78.9 Å². The van der Waals surface area contributed by atoms with E-state index in [4.69, 9.17) is 10.1 Å². The number of benzene rings is 1. The Morgan fingerprint density at radius 2 is 2.06 bits per heavy atom. The molecule has 3 aromatic heterocycles. The molecule has 0 aliphatic carbocycles. The van der Waals surface area contributed by atoms with Crippen LogP contribution < -0.4 is 4.90 Å². The van der Waals surface area contributed by atoms with Crippen LogP contribution in [0.1, 0.15) is 53.5 Å². The van der Waals surface area contributed by atoms with E-state index in [0.29, 0.717) is 5.69 Å². The molecule has 174 valence electrons. The SMILES string of the molecule is C=N[C@H]1CCN(c2nc3cc([C@@H]4CCCCN4C(=O)c4cc5ccccc5[nH]4)nn3cc2C)C1. The number of H-pyrrole nitrogens is 1. The predicted molar refractivity (Wildman–Crippen MR) is 134 cm³/mol. The van der Waals surface area contributed by atoms with Crippen LogP contribution in [0.3, 0.4) is 0 Å². The smallest absolute Gasteiger partial charge is 0.270 e. The zero-order chi connectivity index (χ0) is 23.2. The number of aliphatic imine (C=N–C) groups is 1. The molecule has 2 saturated heterocycles. The fourth-order valence-electron chi connectivity index (χ4n) is 5.41. The number of aryl methyl sites for hydroxylation is 1. The minimum atomic E-state index is -0.0562. The first-order valence-corrected chi connectivity index (χ1v) is 12.1.